The lowest BCUT2D eigenvalue weighted by Crippen LogP contribution is -2.27. The molecule has 4 nitrogen and oxygen atoms in total. The zero-order valence-corrected chi connectivity index (χ0v) is 7.54. The molecule has 0 atom stereocenters. The molecular weight excluding hydrogens is 188 g/mol. The van der Waals surface area contributed by atoms with Gasteiger partial charge in [-0.1, -0.05) is 18.2 Å². The summed E-state index contributed by atoms with van der Waals surface area (Å²) in [5.74, 6) is 0. The van der Waals surface area contributed by atoms with Gasteiger partial charge in [0.25, 0.3) is 0 Å². The normalized spacial score (nSPS) is 14.6. The molecule has 0 aliphatic carbocycles. The van der Waals surface area contributed by atoms with Crippen molar-refractivity contribution < 1.29 is 9.90 Å². The second kappa shape index (κ2) is 3.18. The smallest absolute Gasteiger partial charge is 0.419 e. The molecule has 0 radical (unpaired) electrons. The largest absolute Gasteiger partial charge is 0.464 e. The van der Waals surface area contributed by atoms with Crippen molar-refractivity contribution in [3.63, 3.8) is 0 Å². The van der Waals surface area contributed by atoms with E-state index in [1.807, 2.05) is 24.3 Å². The molecule has 1 heterocycles. The summed E-state index contributed by atoms with van der Waals surface area (Å²) in [4.78, 5) is 10.6. The first-order valence-corrected chi connectivity index (χ1v) is 4.56. The van der Waals surface area contributed by atoms with E-state index in [9.17, 15) is 4.79 Å². The summed E-state index contributed by atoms with van der Waals surface area (Å²) in [6.07, 6.45) is -0.924. The fraction of sp³-hybridized carbons (Fsp3) is 0.125. The molecule has 68 valence electrons. The van der Waals surface area contributed by atoms with Gasteiger partial charge in [0, 0.05) is 0 Å². The Bertz CT molecular complexity index is 343. The van der Waals surface area contributed by atoms with Gasteiger partial charge in [0.2, 0.25) is 0 Å². The maximum Gasteiger partial charge on any atom is 0.419 e. The maximum absolute atomic E-state index is 10.6. The van der Waals surface area contributed by atoms with Crippen LogP contribution >= 0.6 is 12.1 Å². The van der Waals surface area contributed by atoms with Crippen molar-refractivity contribution in [1.82, 2.24) is 4.31 Å². The van der Waals surface area contributed by atoms with E-state index in [0.717, 1.165) is 23.4 Å². The molecule has 0 bridgehead atoms. The average Bonchev–Trinajstić information content (AvgIpc) is 2.17. The molecule has 1 aromatic rings. The summed E-state index contributed by atoms with van der Waals surface area (Å²) < 4.78 is 4.21. The minimum atomic E-state index is -0.924. The highest BCUT2D eigenvalue weighted by Crippen LogP contribution is 2.28. The first-order chi connectivity index (χ1) is 6.27. The third kappa shape index (κ3) is 1.55. The average molecular weight is 196 g/mol. The third-order valence-corrected chi connectivity index (χ3v) is 2.63. The Morgan fingerprint density at radius 1 is 1.54 bits per heavy atom. The monoisotopic (exact) mass is 196 g/mol. The van der Waals surface area contributed by atoms with Gasteiger partial charge in [-0.25, -0.2) is 9.10 Å². The number of carboxylic acid groups (broad SMARTS) is 1. The molecule has 0 fully saturated rings. The standard InChI is InChI=1S/C8H8N2O2S/c11-8(12)10-5-6-3-1-2-4-7(6)9-13-10/h1-4,9H,5H2,(H,11,12). The van der Waals surface area contributed by atoms with Crippen LogP contribution in [-0.4, -0.2) is 15.5 Å². The van der Waals surface area contributed by atoms with Crippen LogP contribution in [0, 0.1) is 0 Å². The Morgan fingerprint density at radius 3 is 3.08 bits per heavy atom. The molecule has 2 rings (SSSR count). The minimum absolute atomic E-state index is 0.434. The second-order valence-electron chi connectivity index (χ2n) is 2.67. The van der Waals surface area contributed by atoms with Gasteiger partial charge in [0.05, 0.1) is 24.4 Å². The van der Waals surface area contributed by atoms with E-state index in [0.29, 0.717) is 6.54 Å². The molecule has 0 aromatic heterocycles. The Kier molecular flexibility index (Phi) is 2.02. The Balaban J connectivity index is 2.24. The molecular formula is C8H8N2O2S. The lowest BCUT2D eigenvalue weighted by molar-refractivity contribution is 0.174. The molecule has 1 aromatic carbocycles. The van der Waals surface area contributed by atoms with Gasteiger partial charge >= 0.3 is 6.09 Å². The number of rotatable bonds is 0. The lowest BCUT2D eigenvalue weighted by Gasteiger charge is -2.25. The third-order valence-electron chi connectivity index (χ3n) is 1.81. The molecule has 0 saturated carbocycles. The summed E-state index contributed by atoms with van der Waals surface area (Å²) in [5.41, 5.74) is 1.99. The van der Waals surface area contributed by atoms with Crippen molar-refractivity contribution in [2.45, 2.75) is 6.54 Å². The van der Waals surface area contributed by atoms with E-state index in [1.54, 1.807) is 0 Å². The number of nitrogens with zero attached hydrogens (tertiary/aromatic N) is 1. The fourth-order valence-electron chi connectivity index (χ4n) is 1.16. The number of para-hydroxylation sites is 1. The molecule has 13 heavy (non-hydrogen) atoms. The zero-order valence-electron chi connectivity index (χ0n) is 6.73. The summed E-state index contributed by atoms with van der Waals surface area (Å²) >= 11 is 1.10. The summed E-state index contributed by atoms with van der Waals surface area (Å²) in [7, 11) is 0. The summed E-state index contributed by atoms with van der Waals surface area (Å²) in [5, 5.41) is 8.73. The number of carbonyl (C=O) groups is 1. The predicted octanol–water partition coefficient (Wildman–Crippen LogP) is 2.16. The van der Waals surface area contributed by atoms with Gasteiger partial charge in [-0.3, -0.25) is 0 Å². The topological polar surface area (TPSA) is 52.6 Å². The number of amides is 1. The van der Waals surface area contributed by atoms with E-state index >= 15 is 0 Å². The Morgan fingerprint density at radius 2 is 2.31 bits per heavy atom. The van der Waals surface area contributed by atoms with Gasteiger partial charge in [-0.15, -0.1) is 0 Å². The van der Waals surface area contributed by atoms with Gasteiger partial charge in [0.15, 0.2) is 0 Å². The first kappa shape index (κ1) is 8.25. The van der Waals surface area contributed by atoms with Crippen molar-refractivity contribution >= 4 is 23.9 Å². The minimum Gasteiger partial charge on any atom is -0.464 e. The van der Waals surface area contributed by atoms with E-state index in [1.165, 1.54) is 4.31 Å². The summed E-state index contributed by atoms with van der Waals surface area (Å²) in [6, 6.07) is 7.67. The number of anilines is 1. The molecule has 2 N–H and O–H groups in total. The van der Waals surface area contributed by atoms with E-state index in [2.05, 4.69) is 4.72 Å². The van der Waals surface area contributed by atoms with Gasteiger partial charge in [-0.05, 0) is 11.6 Å². The van der Waals surface area contributed by atoms with Gasteiger partial charge in [0.1, 0.15) is 0 Å². The Labute approximate surface area is 79.8 Å². The number of fused-ring (bicyclic) bond motifs is 1. The van der Waals surface area contributed by atoms with Crippen molar-refractivity contribution in [2.24, 2.45) is 0 Å². The number of nitrogens with one attached hydrogen (secondary N) is 1. The second-order valence-corrected chi connectivity index (χ2v) is 3.50. The molecule has 0 spiro atoms. The Hall–Kier alpha value is -1.36. The van der Waals surface area contributed by atoms with E-state index in [4.69, 9.17) is 5.11 Å². The predicted molar refractivity (Wildman–Crippen MR) is 51.2 cm³/mol. The van der Waals surface area contributed by atoms with Gasteiger partial charge < -0.3 is 9.83 Å². The molecule has 5 heteroatoms. The van der Waals surface area contributed by atoms with Crippen molar-refractivity contribution in [2.75, 3.05) is 4.72 Å². The molecule has 0 unspecified atom stereocenters. The van der Waals surface area contributed by atoms with Crippen LogP contribution in [0.3, 0.4) is 0 Å². The highest BCUT2D eigenvalue weighted by molar-refractivity contribution is 7.98. The molecule has 0 saturated heterocycles. The SMILES string of the molecule is O=C(O)N1Cc2ccccc2NS1. The number of benzene rings is 1. The number of hydrogen-bond acceptors (Lipinski definition) is 3. The van der Waals surface area contributed by atoms with Crippen LogP contribution in [0.2, 0.25) is 0 Å². The highest BCUT2D eigenvalue weighted by atomic mass is 32.2. The molecule has 1 amide bonds. The van der Waals surface area contributed by atoms with E-state index in [-0.39, 0.29) is 0 Å². The van der Waals surface area contributed by atoms with Crippen LogP contribution in [0.25, 0.3) is 0 Å². The van der Waals surface area contributed by atoms with Crippen molar-refractivity contribution in [3.05, 3.63) is 29.8 Å². The van der Waals surface area contributed by atoms with Crippen LogP contribution in [0.15, 0.2) is 24.3 Å². The van der Waals surface area contributed by atoms with Crippen molar-refractivity contribution in [3.8, 4) is 0 Å². The molecule has 1 aliphatic heterocycles. The lowest BCUT2D eigenvalue weighted by atomic mass is 10.2. The first-order valence-electron chi connectivity index (χ1n) is 3.79. The van der Waals surface area contributed by atoms with Crippen LogP contribution < -0.4 is 4.72 Å². The van der Waals surface area contributed by atoms with Gasteiger partial charge in [-0.2, -0.15) is 0 Å². The molecule has 1 aliphatic rings. The summed E-state index contributed by atoms with van der Waals surface area (Å²) in [6.45, 7) is 0.434. The van der Waals surface area contributed by atoms with Crippen LogP contribution in [0.4, 0.5) is 10.5 Å². The fourth-order valence-corrected chi connectivity index (χ4v) is 1.85. The van der Waals surface area contributed by atoms with Crippen LogP contribution in [0.1, 0.15) is 5.56 Å². The van der Waals surface area contributed by atoms with E-state index < -0.39 is 6.09 Å². The zero-order chi connectivity index (χ0) is 9.26. The number of hydrogen-bond donors (Lipinski definition) is 2. The van der Waals surface area contributed by atoms with Crippen molar-refractivity contribution in [1.29, 1.82) is 0 Å². The van der Waals surface area contributed by atoms with Crippen LogP contribution in [-0.2, 0) is 6.54 Å². The maximum atomic E-state index is 10.6. The highest BCUT2D eigenvalue weighted by Gasteiger charge is 2.19. The van der Waals surface area contributed by atoms with Crippen LogP contribution in [0.5, 0.6) is 0 Å². The quantitative estimate of drug-likeness (QED) is 0.624.